The third kappa shape index (κ3) is 3.39. The molecule has 1 aromatic carbocycles. The van der Waals surface area contributed by atoms with Gasteiger partial charge in [0.05, 0.1) is 11.0 Å². The second-order valence-corrected chi connectivity index (χ2v) is 8.16. The summed E-state index contributed by atoms with van der Waals surface area (Å²) in [7, 11) is 0. The van der Waals surface area contributed by atoms with Crippen molar-refractivity contribution in [2.45, 2.75) is 32.6 Å². The van der Waals surface area contributed by atoms with Crippen LogP contribution in [0.3, 0.4) is 0 Å². The highest BCUT2D eigenvalue weighted by atomic mass is 16.2. The molecule has 1 N–H and O–H groups in total. The van der Waals surface area contributed by atoms with Crippen LogP contribution in [0.15, 0.2) is 54.9 Å². The molecule has 1 amide bonds. The maximum absolute atomic E-state index is 12.8. The minimum Gasteiger partial charge on any atom is -0.359 e. The average molecular weight is 359 g/mol. The van der Waals surface area contributed by atoms with Gasteiger partial charge in [0.25, 0.3) is 5.91 Å². The third-order valence-corrected chi connectivity index (χ3v) is 5.28. The van der Waals surface area contributed by atoms with Crippen LogP contribution in [-0.2, 0) is 5.41 Å². The van der Waals surface area contributed by atoms with E-state index in [9.17, 15) is 4.79 Å². The normalized spacial score (nSPS) is 15.1. The van der Waals surface area contributed by atoms with Crippen LogP contribution in [0, 0.1) is 0 Å². The van der Waals surface area contributed by atoms with E-state index in [1.54, 1.807) is 0 Å². The standard InChI is InChI=1S/C23H25N3O/c1-23(2,3)18-8-6-17(7-9-18)22(27)26-13-10-16(11-14-26)19-15-25-20-5-4-12-24-21(19)20/h4-10,12,15,25H,11,13-14H2,1-3H3. The first kappa shape index (κ1) is 17.5. The molecule has 27 heavy (non-hydrogen) atoms. The molecule has 0 saturated carbocycles. The smallest absolute Gasteiger partial charge is 0.254 e. The van der Waals surface area contributed by atoms with Gasteiger partial charge in [-0.2, -0.15) is 0 Å². The summed E-state index contributed by atoms with van der Waals surface area (Å²) in [6.45, 7) is 7.90. The number of pyridine rings is 1. The fourth-order valence-electron chi connectivity index (χ4n) is 3.59. The van der Waals surface area contributed by atoms with Gasteiger partial charge >= 0.3 is 0 Å². The van der Waals surface area contributed by atoms with Crippen LogP contribution >= 0.6 is 0 Å². The van der Waals surface area contributed by atoms with Gasteiger partial charge in [0.2, 0.25) is 0 Å². The number of carbonyl (C=O) groups excluding carboxylic acids is 1. The van der Waals surface area contributed by atoms with Gasteiger partial charge in [0.1, 0.15) is 0 Å². The van der Waals surface area contributed by atoms with Crippen LogP contribution in [0.4, 0.5) is 0 Å². The summed E-state index contributed by atoms with van der Waals surface area (Å²) in [5, 5.41) is 0. The number of nitrogens with zero attached hydrogens (tertiary/aromatic N) is 2. The molecule has 4 heteroatoms. The SMILES string of the molecule is CC(C)(C)c1ccc(C(=O)N2CC=C(c3c[nH]c4cccnc34)CC2)cc1. The Morgan fingerprint density at radius 1 is 1.15 bits per heavy atom. The van der Waals surface area contributed by atoms with Crippen LogP contribution in [0.2, 0.25) is 0 Å². The molecule has 0 spiro atoms. The second kappa shape index (κ2) is 6.69. The maximum atomic E-state index is 12.8. The number of aromatic nitrogens is 2. The van der Waals surface area contributed by atoms with Gasteiger partial charge in [-0.25, -0.2) is 0 Å². The largest absolute Gasteiger partial charge is 0.359 e. The number of fused-ring (bicyclic) bond motifs is 1. The Morgan fingerprint density at radius 3 is 2.59 bits per heavy atom. The molecule has 0 atom stereocenters. The van der Waals surface area contributed by atoms with Crippen LogP contribution in [0.5, 0.6) is 0 Å². The lowest BCUT2D eigenvalue weighted by molar-refractivity contribution is 0.0773. The molecule has 3 heterocycles. The molecule has 0 bridgehead atoms. The third-order valence-electron chi connectivity index (χ3n) is 5.28. The first-order valence-electron chi connectivity index (χ1n) is 9.45. The van der Waals surface area contributed by atoms with Crippen molar-refractivity contribution >= 4 is 22.5 Å². The molecule has 3 aromatic rings. The summed E-state index contributed by atoms with van der Waals surface area (Å²) < 4.78 is 0. The molecule has 0 fully saturated rings. The van der Waals surface area contributed by atoms with Crippen molar-refractivity contribution in [3.05, 3.63) is 71.6 Å². The highest BCUT2D eigenvalue weighted by Crippen LogP contribution is 2.28. The molecule has 0 saturated heterocycles. The zero-order valence-corrected chi connectivity index (χ0v) is 16.1. The first-order chi connectivity index (χ1) is 12.9. The number of nitrogens with one attached hydrogen (secondary N) is 1. The summed E-state index contributed by atoms with van der Waals surface area (Å²) in [5.41, 5.74) is 6.55. The highest BCUT2D eigenvalue weighted by Gasteiger charge is 2.21. The molecule has 0 aliphatic carbocycles. The molecule has 0 unspecified atom stereocenters. The van der Waals surface area contributed by atoms with Gasteiger partial charge in [-0.05, 0) is 47.2 Å². The lowest BCUT2D eigenvalue weighted by atomic mass is 9.86. The van der Waals surface area contributed by atoms with Gasteiger partial charge in [-0.15, -0.1) is 0 Å². The second-order valence-electron chi connectivity index (χ2n) is 8.16. The Labute approximate surface area is 159 Å². The van der Waals surface area contributed by atoms with Crippen LogP contribution < -0.4 is 0 Å². The minimum absolute atomic E-state index is 0.0949. The number of rotatable bonds is 2. The van der Waals surface area contributed by atoms with Crippen molar-refractivity contribution in [3.63, 3.8) is 0 Å². The van der Waals surface area contributed by atoms with Crippen LogP contribution in [-0.4, -0.2) is 33.9 Å². The summed E-state index contributed by atoms with van der Waals surface area (Å²) in [4.78, 5) is 22.5. The molecule has 2 aromatic heterocycles. The van der Waals surface area contributed by atoms with Crippen molar-refractivity contribution in [1.29, 1.82) is 0 Å². The monoisotopic (exact) mass is 359 g/mol. The number of aromatic amines is 1. The number of carbonyl (C=O) groups is 1. The van der Waals surface area contributed by atoms with Crippen molar-refractivity contribution < 1.29 is 4.79 Å². The van der Waals surface area contributed by atoms with Crippen molar-refractivity contribution in [2.24, 2.45) is 0 Å². The van der Waals surface area contributed by atoms with E-state index < -0.39 is 0 Å². The van der Waals surface area contributed by atoms with Gasteiger partial charge in [0, 0.05) is 36.6 Å². The van der Waals surface area contributed by atoms with Gasteiger partial charge < -0.3 is 9.88 Å². The average Bonchev–Trinajstić information content (AvgIpc) is 3.11. The van der Waals surface area contributed by atoms with E-state index in [0.29, 0.717) is 6.54 Å². The van der Waals surface area contributed by atoms with E-state index in [1.165, 1.54) is 11.1 Å². The number of amides is 1. The minimum atomic E-state index is 0.0949. The highest BCUT2D eigenvalue weighted by molar-refractivity contribution is 5.95. The molecule has 138 valence electrons. The Bertz CT molecular complexity index is 1010. The number of hydrogen-bond acceptors (Lipinski definition) is 2. The van der Waals surface area contributed by atoms with E-state index in [1.807, 2.05) is 41.6 Å². The predicted molar refractivity (Wildman–Crippen MR) is 110 cm³/mol. The molecule has 4 rings (SSSR count). The molecular weight excluding hydrogens is 334 g/mol. The maximum Gasteiger partial charge on any atom is 0.254 e. The topological polar surface area (TPSA) is 49.0 Å². The Morgan fingerprint density at radius 2 is 1.93 bits per heavy atom. The molecule has 0 radical (unpaired) electrons. The quantitative estimate of drug-likeness (QED) is 0.715. The van der Waals surface area contributed by atoms with Gasteiger partial charge in [-0.3, -0.25) is 9.78 Å². The summed E-state index contributed by atoms with van der Waals surface area (Å²) in [6.07, 6.45) is 6.84. The van der Waals surface area contributed by atoms with Crippen LogP contribution in [0.25, 0.3) is 16.6 Å². The lowest BCUT2D eigenvalue weighted by Gasteiger charge is -2.27. The van der Waals surface area contributed by atoms with Crippen molar-refractivity contribution in [1.82, 2.24) is 14.9 Å². The molecule has 1 aliphatic heterocycles. The molecule has 1 aliphatic rings. The van der Waals surface area contributed by atoms with E-state index >= 15 is 0 Å². The molecule has 4 nitrogen and oxygen atoms in total. The van der Waals surface area contributed by atoms with E-state index in [4.69, 9.17) is 0 Å². The first-order valence-corrected chi connectivity index (χ1v) is 9.45. The Kier molecular flexibility index (Phi) is 4.34. The van der Waals surface area contributed by atoms with Crippen molar-refractivity contribution in [3.8, 4) is 0 Å². The fraction of sp³-hybridized carbons (Fsp3) is 0.304. The Hall–Kier alpha value is -2.88. The van der Waals surface area contributed by atoms with Crippen LogP contribution in [0.1, 0.15) is 48.7 Å². The van der Waals surface area contributed by atoms with Gasteiger partial charge in [-0.1, -0.05) is 39.0 Å². The lowest BCUT2D eigenvalue weighted by Crippen LogP contribution is -2.34. The number of H-pyrrole nitrogens is 1. The summed E-state index contributed by atoms with van der Waals surface area (Å²) >= 11 is 0. The Balaban J connectivity index is 1.50. The molecular formula is C23H25N3O. The summed E-state index contributed by atoms with van der Waals surface area (Å²) in [6, 6.07) is 12.0. The van der Waals surface area contributed by atoms with Crippen molar-refractivity contribution in [2.75, 3.05) is 13.1 Å². The zero-order chi connectivity index (χ0) is 19.0. The summed E-state index contributed by atoms with van der Waals surface area (Å²) in [5.74, 6) is 0.0998. The number of benzene rings is 1. The van der Waals surface area contributed by atoms with E-state index in [0.717, 1.165) is 35.1 Å². The van der Waals surface area contributed by atoms with Gasteiger partial charge in [0.15, 0.2) is 0 Å². The fourth-order valence-corrected chi connectivity index (χ4v) is 3.59. The zero-order valence-electron chi connectivity index (χ0n) is 16.1. The van der Waals surface area contributed by atoms with E-state index in [2.05, 4.69) is 48.9 Å². The number of hydrogen-bond donors (Lipinski definition) is 1. The predicted octanol–water partition coefficient (Wildman–Crippen LogP) is 4.79. The van der Waals surface area contributed by atoms with E-state index in [-0.39, 0.29) is 11.3 Å².